The molecule has 2 aromatic carbocycles. The summed E-state index contributed by atoms with van der Waals surface area (Å²) in [5.74, 6) is 0.666. The van der Waals surface area contributed by atoms with Gasteiger partial charge in [-0.2, -0.15) is 12.6 Å². The molecule has 0 radical (unpaired) electrons. The number of nitrogens with one attached hydrogen (secondary N) is 1. The summed E-state index contributed by atoms with van der Waals surface area (Å²) in [4.78, 5) is 17.0. The average Bonchev–Trinajstić information content (AvgIpc) is 2.67. The number of hydrogen-bond acceptors (Lipinski definition) is 4. The van der Waals surface area contributed by atoms with E-state index in [1.54, 1.807) is 12.3 Å². The van der Waals surface area contributed by atoms with E-state index in [0.29, 0.717) is 17.3 Å². The zero-order chi connectivity index (χ0) is 19.4. The second-order valence-electron chi connectivity index (χ2n) is 6.74. The molecule has 0 aliphatic rings. The summed E-state index contributed by atoms with van der Waals surface area (Å²) >= 11 is 4.73. The van der Waals surface area contributed by atoms with Crippen molar-refractivity contribution in [2.24, 2.45) is 0 Å². The third-order valence-electron chi connectivity index (χ3n) is 4.43. The summed E-state index contributed by atoms with van der Waals surface area (Å²) in [6.07, 6.45) is 1.65. The standard InChI is InChI=1S/C22H23N3OS/c1-14(2)15-6-5-7-17(12-15)25-22(26)19-9-4-3-8-18(19)21(27)16-10-11-24-20(23)13-16/h3-14,21,27H,1-2H3,(H2,23,24)(H,25,26). The largest absolute Gasteiger partial charge is 0.384 e. The Morgan fingerprint density at radius 2 is 1.81 bits per heavy atom. The maximum atomic E-state index is 12.9. The van der Waals surface area contributed by atoms with Crippen LogP contribution in [0.15, 0.2) is 66.9 Å². The van der Waals surface area contributed by atoms with E-state index >= 15 is 0 Å². The Hall–Kier alpha value is -2.79. The molecule has 0 fully saturated rings. The first-order chi connectivity index (χ1) is 13.0. The van der Waals surface area contributed by atoms with Gasteiger partial charge in [-0.25, -0.2) is 4.98 Å². The van der Waals surface area contributed by atoms with Gasteiger partial charge in [-0.3, -0.25) is 4.79 Å². The van der Waals surface area contributed by atoms with Crippen LogP contribution >= 0.6 is 12.6 Å². The van der Waals surface area contributed by atoms with Crippen molar-refractivity contribution in [3.8, 4) is 0 Å². The maximum absolute atomic E-state index is 12.9. The molecule has 0 aliphatic carbocycles. The lowest BCUT2D eigenvalue weighted by molar-refractivity contribution is 0.102. The smallest absolute Gasteiger partial charge is 0.255 e. The van der Waals surface area contributed by atoms with Gasteiger partial charge in [0.25, 0.3) is 5.91 Å². The number of hydrogen-bond donors (Lipinski definition) is 3. The lowest BCUT2D eigenvalue weighted by atomic mass is 9.98. The summed E-state index contributed by atoms with van der Waals surface area (Å²) in [6, 6.07) is 19.0. The first kappa shape index (κ1) is 19.0. The molecular weight excluding hydrogens is 354 g/mol. The van der Waals surface area contributed by atoms with Gasteiger partial charge in [-0.05, 0) is 52.9 Å². The fourth-order valence-electron chi connectivity index (χ4n) is 2.93. The van der Waals surface area contributed by atoms with Crippen molar-refractivity contribution in [3.63, 3.8) is 0 Å². The monoisotopic (exact) mass is 377 g/mol. The minimum absolute atomic E-state index is 0.160. The number of nitrogens with two attached hydrogens (primary N) is 1. The molecule has 3 N–H and O–H groups in total. The average molecular weight is 378 g/mol. The van der Waals surface area contributed by atoms with Crippen LogP contribution in [0.3, 0.4) is 0 Å². The van der Waals surface area contributed by atoms with E-state index in [1.807, 2.05) is 48.5 Å². The number of carbonyl (C=O) groups excluding carboxylic acids is 1. The van der Waals surface area contributed by atoms with Crippen LogP contribution in [-0.4, -0.2) is 10.9 Å². The molecule has 4 nitrogen and oxygen atoms in total. The number of amides is 1. The molecule has 0 spiro atoms. The van der Waals surface area contributed by atoms with Crippen LogP contribution in [0.25, 0.3) is 0 Å². The third kappa shape index (κ3) is 4.49. The van der Waals surface area contributed by atoms with Crippen LogP contribution < -0.4 is 11.1 Å². The molecule has 1 aromatic heterocycles. The Labute approximate surface area is 165 Å². The molecule has 3 aromatic rings. The number of rotatable bonds is 5. The first-order valence-corrected chi connectivity index (χ1v) is 9.37. The van der Waals surface area contributed by atoms with E-state index in [-0.39, 0.29) is 11.2 Å². The highest BCUT2D eigenvalue weighted by Gasteiger charge is 2.18. The minimum atomic E-state index is -0.278. The number of anilines is 2. The zero-order valence-corrected chi connectivity index (χ0v) is 16.3. The quantitative estimate of drug-likeness (QED) is 0.545. The van der Waals surface area contributed by atoms with Gasteiger partial charge < -0.3 is 11.1 Å². The number of nitrogens with zero attached hydrogens (tertiary/aromatic N) is 1. The second kappa shape index (κ2) is 8.27. The summed E-state index contributed by atoms with van der Waals surface area (Å²) in [5.41, 5.74) is 10.1. The minimum Gasteiger partial charge on any atom is -0.384 e. The summed E-state index contributed by atoms with van der Waals surface area (Å²) in [6.45, 7) is 4.25. The fourth-order valence-corrected chi connectivity index (χ4v) is 3.32. The van der Waals surface area contributed by atoms with E-state index in [9.17, 15) is 4.79 Å². The maximum Gasteiger partial charge on any atom is 0.255 e. The lowest BCUT2D eigenvalue weighted by Crippen LogP contribution is -2.15. The lowest BCUT2D eigenvalue weighted by Gasteiger charge is -2.17. The third-order valence-corrected chi connectivity index (χ3v) is 5.01. The summed E-state index contributed by atoms with van der Waals surface area (Å²) < 4.78 is 0. The Morgan fingerprint density at radius 3 is 2.56 bits per heavy atom. The van der Waals surface area contributed by atoms with Crippen molar-refractivity contribution in [3.05, 3.63) is 89.1 Å². The van der Waals surface area contributed by atoms with Crippen molar-refractivity contribution in [1.29, 1.82) is 0 Å². The van der Waals surface area contributed by atoms with Crippen molar-refractivity contribution in [2.45, 2.75) is 25.0 Å². The normalized spacial score (nSPS) is 12.0. The number of carbonyl (C=O) groups is 1. The highest BCUT2D eigenvalue weighted by molar-refractivity contribution is 7.80. The summed E-state index contributed by atoms with van der Waals surface area (Å²) in [5, 5.41) is 2.72. The van der Waals surface area contributed by atoms with E-state index in [2.05, 4.69) is 30.2 Å². The summed E-state index contributed by atoms with van der Waals surface area (Å²) in [7, 11) is 0. The van der Waals surface area contributed by atoms with Gasteiger partial charge in [0.15, 0.2) is 0 Å². The van der Waals surface area contributed by atoms with Gasteiger partial charge >= 0.3 is 0 Å². The number of benzene rings is 2. The Morgan fingerprint density at radius 1 is 1.04 bits per heavy atom. The van der Waals surface area contributed by atoms with E-state index in [1.165, 1.54) is 5.56 Å². The number of aromatic nitrogens is 1. The topological polar surface area (TPSA) is 68.0 Å². The molecule has 0 saturated heterocycles. The fraction of sp³-hybridized carbons (Fsp3) is 0.182. The first-order valence-electron chi connectivity index (χ1n) is 8.85. The van der Waals surface area contributed by atoms with Gasteiger partial charge in [0.2, 0.25) is 0 Å². The molecule has 0 saturated carbocycles. The van der Waals surface area contributed by atoms with Crippen LogP contribution in [0.1, 0.15) is 52.1 Å². The molecule has 0 bridgehead atoms. The Bertz CT molecular complexity index is 956. The molecule has 138 valence electrons. The van der Waals surface area contributed by atoms with Crippen LogP contribution in [-0.2, 0) is 0 Å². The zero-order valence-electron chi connectivity index (χ0n) is 15.4. The van der Waals surface area contributed by atoms with Crippen molar-refractivity contribution >= 4 is 30.0 Å². The van der Waals surface area contributed by atoms with Gasteiger partial charge in [0.05, 0.1) is 5.25 Å². The van der Waals surface area contributed by atoms with Crippen LogP contribution in [0.4, 0.5) is 11.5 Å². The van der Waals surface area contributed by atoms with Crippen LogP contribution in [0, 0.1) is 0 Å². The molecule has 1 heterocycles. The number of pyridine rings is 1. The molecule has 5 heteroatoms. The number of nitrogen functional groups attached to an aromatic ring is 1. The molecule has 1 amide bonds. The van der Waals surface area contributed by atoms with Crippen molar-refractivity contribution < 1.29 is 4.79 Å². The molecule has 1 unspecified atom stereocenters. The van der Waals surface area contributed by atoms with E-state index in [0.717, 1.165) is 16.8 Å². The highest BCUT2D eigenvalue weighted by atomic mass is 32.1. The molecule has 1 atom stereocenters. The molecule has 0 aliphatic heterocycles. The number of thiol groups is 1. The van der Waals surface area contributed by atoms with Crippen molar-refractivity contribution in [1.82, 2.24) is 4.98 Å². The second-order valence-corrected chi connectivity index (χ2v) is 7.25. The molecule has 3 rings (SSSR count). The van der Waals surface area contributed by atoms with Gasteiger partial charge in [0.1, 0.15) is 5.82 Å². The van der Waals surface area contributed by atoms with Gasteiger partial charge in [-0.15, -0.1) is 0 Å². The van der Waals surface area contributed by atoms with Crippen molar-refractivity contribution in [2.75, 3.05) is 11.1 Å². The van der Waals surface area contributed by atoms with Gasteiger partial charge in [-0.1, -0.05) is 44.2 Å². The van der Waals surface area contributed by atoms with Crippen LogP contribution in [0.5, 0.6) is 0 Å². The van der Waals surface area contributed by atoms with Gasteiger partial charge in [0, 0.05) is 17.4 Å². The highest BCUT2D eigenvalue weighted by Crippen LogP contribution is 2.31. The predicted octanol–water partition coefficient (Wildman–Crippen LogP) is 5.06. The SMILES string of the molecule is CC(C)c1cccc(NC(=O)c2ccccc2C(S)c2ccnc(N)c2)c1. The van der Waals surface area contributed by atoms with E-state index in [4.69, 9.17) is 18.4 Å². The predicted molar refractivity (Wildman–Crippen MR) is 114 cm³/mol. The molecule has 27 heavy (non-hydrogen) atoms. The van der Waals surface area contributed by atoms with E-state index < -0.39 is 0 Å². The molecular formula is C22H23N3OS. The Kier molecular flexibility index (Phi) is 5.81. The Balaban J connectivity index is 1.89. The van der Waals surface area contributed by atoms with Crippen LogP contribution in [0.2, 0.25) is 0 Å².